The van der Waals surface area contributed by atoms with Gasteiger partial charge in [-0.05, 0) is 55.4 Å². The molecule has 1 aromatic rings. The zero-order valence-electron chi connectivity index (χ0n) is 11.3. The van der Waals surface area contributed by atoms with Crippen LogP contribution in [0, 0.1) is 0 Å². The van der Waals surface area contributed by atoms with E-state index in [-0.39, 0.29) is 5.97 Å². The van der Waals surface area contributed by atoms with E-state index >= 15 is 0 Å². The first-order chi connectivity index (χ1) is 9.15. The Morgan fingerprint density at radius 1 is 1.32 bits per heavy atom. The molecule has 0 saturated heterocycles. The minimum Gasteiger partial charge on any atom is -0.508 e. The summed E-state index contributed by atoms with van der Waals surface area (Å²) in [5.74, 6) is 0.669. The number of phenolic OH excluding ortho intramolecular Hbond substituents is 1. The van der Waals surface area contributed by atoms with Gasteiger partial charge >= 0.3 is 5.97 Å². The van der Waals surface area contributed by atoms with Crippen LogP contribution in [0.25, 0.3) is 0 Å². The molecule has 0 aromatic heterocycles. The van der Waals surface area contributed by atoms with Crippen LogP contribution in [0.3, 0.4) is 0 Å². The molecule has 0 radical (unpaired) electrons. The molecule has 0 amide bonds. The second-order valence-electron chi connectivity index (χ2n) is 5.03. The van der Waals surface area contributed by atoms with E-state index < -0.39 is 0 Å². The second-order valence-corrected chi connectivity index (χ2v) is 5.03. The first-order valence-electron chi connectivity index (χ1n) is 6.75. The van der Waals surface area contributed by atoms with Crippen molar-refractivity contribution in [2.75, 3.05) is 6.61 Å². The maximum atomic E-state index is 10.7. The smallest absolute Gasteiger partial charge is 0.302 e. The number of hydrogen-bond donors (Lipinski definition) is 1. The number of hydrogen-bond acceptors (Lipinski definition) is 3. The summed E-state index contributed by atoms with van der Waals surface area (Å²) in [7, 11) is 0. The number of rotatable bonds is 3. The fourth-order valence-electron chi connectivity index (χ4n) is 2.55. The number of phenols is 1. The van der Waals surface area contributed by atoms with Gasteiger partial charge in [0.1, 0.15) is 12.4 Å². The standard InChI is InChI=1S/C16H20O3/c1-12(17)19-11-10-13-2-4-14(5-3-13)15-6-8-16(18)9-7-15/h6-10,14,18H,2-5,11H2,1H3. The Kier molecular flexibility index (Phi) is 4.61. The lowest BCUT2D eigenvalue weighted by molar-refractivity contribution is -0.139. The van der Waals surface area contributed by atoms with Crippen molar-refractivity contribution in [3.63, 3.8) is 0 Å². The molecule has 1 fully saturated rings. The minimum absolute atomic E-state index is 0.227. The van der Waals surface area contributed by atoms with Crippen LogP contribution < -0.4 is 0 Å². The van der Waals surface area contributed by atoms with Crippen molar-refractivity contribution in [2.24, 2.45) is 0 Å². The van der Waals surface area contributed by atoms with Crippen molar-refractivity contribution in [3.8, 4) is 5.75 Å². The summed E-state index contributed by atoms with van der Waals surface area (Å²) in [5.41, 5.74) is 2.69. The average molecular weight is 260 g/mol. The molecule has 1 aromatic carbocycles. The Hall–Kier alpha value is -1.77. The van der Waals surface area contributed by atoms with E-state index in [4.69, 9.17) is 4.74 Å². The fourth-order valence-corrected chi connectivity index (χ4v) is 2.55. The van der Waals surface area contributed by atoms with Gasteiger partial charge in [0.2, 0.25) is 0 Å². The first kappa shape index (κ1) is 13.7. The van der Waals surface area contributed by atoms with Gasteiger partial charge in [0.05, 0.1) is 0 Å². The van der Waals surface area contributed by atoms with E-state index in [0.29, 0.717) is 18.3 Å². The van der Waals surface area contributed by atoms with Crippen LogP contribution in [-0.4, -0.2) is 17.7 Å². The van der Waals surface area contributed by atoms with E-state index in [0.717, 1.165) is 25.7 Å². The molecule has 1 saturated carbocycles. The molecule has 19 heavy (non-hydrogen) atoms. The highest BCUT2D eigenvalue weighted by atomic mass is 16.5. The normalized spacial score (nSPS) is 19.0. The van der Waals surface area contributed by atoms with Crippen LogP contribution >= 0.6 is 0 Å². The Labute approximate surface area is 113 Å². The van der Waals surface area contributed by atoms with E-state index in [1.807, 2.05) is 18.2 Å². The van der Waals surface area contributed by atoms with Crippen LogP contribution in [-0.2, 0) is 9.53 Å². The topological polar surface area (TPSA) is 46.5 Å². The lowest BCUT2D eigenvalue weighted by Crippen LogP contribution is -2.07. The lowest BCUT2D eigenvalue weighted by Gasteiger charge is -2.24. The minimum atomic E-state index is -0.227. The van der Waals surface area contributed by atoms with Crippen LogP contribution in [0.4, 0.5) is 0 Å². The highest BCUT2D eigenvalue weighted by Gasteiger charge is 2.18. The molecule has 1 aliphatic carbocycles. The van der Waals surface area contributed by atoms with Gasteiger partial charge in [0, 0.05) is 6.92 Å². The van der Waals surface area contributed by atoms with Crippen LogP contribution in [0.5, 0.6) is 5.75 Å². The summed E-state index contributed by atoms with van der Waals surface area (Å²) < 4.78 is 4.93. The zero-order chi connectivity index (χ0) is 13.7. The Morgan fingerprint density at radius 2 is 1.95 bits per heavy atom. The third-order valence-electron chi connectivity index (χ3n) is 3.65. The highest BCUT2D eigenvalue weighted by Crippen LogP contribution is 2.35. The van der Waals surface area contributed by atoms with Gasteiger partial charge in [-0.3, -0.25) is 4.79 Å². The van der Waals surface area contributed by atoms with E-state index in [2.05, 4.69) is 0 Å². The van der Waals surface area contributed by atoms with E-state index in [9.17, 15) is 9.90 Å². The molecule has 3 nitrogen and oxygen atoms in total. The molecule has 0 aliphatic heterocycles. The van der Waals surface area contributed by atoms with Crippen molar-refractivity contribution < 1.29 is 14.6 Å². The van der Waals surface area contributed by atoms with Gasteiger partial charge in [0.15, 0.2) is 0 Å². The predicted octanol–water partition coefficient (Wildman–Crippen LogP) is 3.54. The quantitative estimate of drug-likeness (QED) is 0.668. The maximum absolute atomic E-state index is 10.7. The van der Waals surface area contributed by atoms with Gasteiger partial charge in [-0.1, -0.05) is 17.7 Å². The number of carbonyl (C=O) groups excluding carboxylic acids is 1. The molecule has 1 aliphatic rings. The molecular weight excluding hydrogens is 240 g/mol. The number of allylic oxidation sites excluding steroid dienone is 1. The van der Waals surface area contributed by atoms with Gasteiger partial charge < -0.3 is 9.84 Å². The molecular formula is C16H20O3. The number of esters is 1. The molecule has 2 rings (SSSR count). The number of ether oxygens (including phenoxy) is 1. The number of benzene rings is 1. The molecule has 0 unspecified atom stereocenters. The number of aromatic hydroxyl groups is 1. The molecule has 0 atom stereocenters. The first-order valence-corrected chi connectivity index (χ1v) is 6.75. The highest BCUT2D eigenvalue weighted by molar-refractivity contribution is 5.66. The summed E-state index contributed by atoms with van der Waals surface area (Å²) in [4.78, 5) is 10.7. The maximum Gasteiger partial charge on any atom is 0.302 e. The monoisotopic (exact) mass is 260 g/mol. The van der Waals surface area contributed by atoms with Gasteiger partial charge in [0.25, 0.3) is 0 Å². The van der Waals surface area contributed by atoms with Gasteiger partial charge in [-0.15, -0.1) is 0 Å². The third-order valence-corrected chi connectivity index (χ3v) is 3.65. The fraction of sp³-hybridized carbons (Fsp3) is 0.438. The van der Waals surface area contributed by atoms with Crippen molar-refractivity contribution in [3.05, 3.63) is 41.5 Å². The molecule has 0 heterocycles. The summed E-state index contributed by atoms with van der Waals surface area (Å²) in [6.07, 6.45) is 6.40. The summed E-state index contributed by atoms with van der Waals surface area (Å²) in [6.45, 7) is 1.83. The molecule has 1 N–H and O–H groups in total. The second kappa shape index (κ2) is 6.41. The van der Waals surface area contributed by atoms with Crippen molar-refractivity contribution in [1.29, 1.82) is 0 Å². The third kappa shape index (κ3) is 4.12. The predicted molar refractivity (Wildman–Crippen MR) is 74.0 cm³/mol. The average Bonchev–Trinajstić information content (AvgIpc) is 2.40. The Bertz CT molecular complexity index is 449. The molecule has 102 valence electrons. The summed E-state index contributed by atoms with van der Waals surface area (Å²) in [5, 5.41) is 9.29. The molecule has 3 heteroatoms. The van der Waals surface area contributed by atoms with Crippen molar-refractivity contribution in [1.82, 2.24) is 0 Å². The zero-order valence-corrected chi connectivity index (χ0v) is 11.3. The van der Waals surface area contributed by atoms with E-state index in [1.165, 1.54) is 18.1 Å². The molecule has 0 bridgehead atoms. The summed E-state index contributed by atoms with van der Waals surface area (Å²) >= 11 is 0. The van der Waals surface area contributed by atoms with Crippen LogP contribution in [0.1, 0.15) is 44.1 Å². The largest absolute Gasteiger partial charge is 0.508 e. The Balaban J connectivity index is 1.85. The van der Waals surface area contributed by atoms with Crippen molar-refractivity contribution >= 4 is 5.97 Å². The lowest BCUT2D eigenvalue weighted by atomic mass is 9.81. The van der Waals surface area contributed by atoms with Crippen LogP contribution in [0.2, 0.25) is 0 Å². The van der Waals surface area contributed by atoms with Gasteiger partial charge in [-0.25, -0.2) is 0 Å². The van der Waals surface area contributed by atoms with Crippen LogP contribution in [0.15, 0.2) is 35.9 Å². The summed E-state index contributed by atoms with van der Waals surface area (Å²) in [6, 6.07) is 7.52. The van der Waals surface area contributed by atoms with Crippen molar-refractivity contribution in [2.45, 2.75) is 38.5 Å². The van der Waals surface area contributed by atoms with Gasteiger partial charge in [-0.2, -0.15) is 0 Å². The number of carbonyl (C=O) groups is 1. The van der Waals surface area contributed by atoms with E-state index in [1.54, 1.807) is 12.1 Å². The molecule has 0 spiro atoms. The SMILES string of the molecule is CC(=O)OCC=C1CCC(c2ccc(O)cc2)CC1. The Morgan fingerprint density at radius 3 is 2.53 bits per heavy atom.